The van der Waals surface area contributed by atoms with Crippen molar-refractivity contribution in [3.8, 4) is 5.88 Å². The molecular formula is C24H25N5O3S. The second-order valence-corrected chi connectivity index (χ2v) is 8.71. The lowest BCUT2D eigenvalue weighted by Crippen LogP contribution is -2.43. The van der Waals surface area contributed by atoms with E-state index in [1.165, 1.54) is 31.3 Å². The van der Waals surface area contributed by atoms with Gasteiger partial charge in [0.2, 0.25) is 5.88 Å². The van der Waals surface area contributed by atoms with Gasteiger partial charge in [0, 0.05) is 11.4 Å². The quantitative estimate of drug-likeness (QED) is 0.551. The van der Waals surface area contributed by atoms with Gasteiger partial charge in [-0.3, -0.25) is 4.79 Å². The van der Waals surface area contributed by atoms with Crippen LogP contribution in [-0.2, 0) is 16.9 Å². The fraction of sp³-hybridized carbons (Fsp3) is 0.250. The lowest BCUT2D eigenvalue weighted by molar-refractivity contribution is 0.00756. The summed E-state index contributed by atoms with van der Waals surface area (Å²) in [4.78, 5) is 25.5. The van der Waals surface area contributed by atoms with E-state index in [0.717, 1.165) is 11.1 Å². The Kier molecular flexibility index (Phi) is 6.90. The number of amidine groups is 1. The molecule has 9 heteroatoms. The summed E-state index contributed by atoms with van der Waals surface area (Å²) >= 11 is 1.48. The zero-order chi connectivity index (χ0) is 23.3. The number of benzene rings is 2. The first-order valence-corrected chi connectivity index (χ1v) is 11.4. The van der Waals surface area contributed by atoms with Crippen molar-refractivity contribution in [2.24, 2.45) is 10.7 Å². The summed E-state index contributed by atoms with van der Waals surface area (Å²) in [5, 5.41) is 3.38. The summed E-state index contributed by atoms with van der Waals surface area (Å²) in [6.45, 7) is 2.48. The third-order valence-corrected chi connectivity index (χ3v) is 6.28. The molecule has 2 heterocycles. The van der Waals surface area contributed by atoms with E-state index >= 15 is 0 Å². The van der Waals surface area contributed by atoms with Gasteiger partial charge in [0.25, 0.3) is 5.91 Å². The number of hydrogen-bond acceptors (Lipinski definition) is 8. The highest BCUT2D eigenvalue weighted by Crippen LogP contribution is 2.38. The molecule has 0 aliphatic carbocycles. The standard InChI is InChI=1S/C24H25N5O3S/c1-24(20(15-33-23(25)29-24)32-14-16-7-4-3-5-8-16)17-9-6-10-18(11-17)28-22(30)19-12-27-21(31-2)13-26-19/h3-13,20H,14-15H2,1-2H3,(H2,25,29)(H,28,30)/t20-,24+/m0/s1. The van der Waals surface area contributed by atoms with Crippen molar-refractivity contribution >= 4 is 28.5 Å². The minimum absolute atomic E-state index is 0.188. The smallest absolute Gasteiger partial charge is 0.275 e. The van der Waals surface area contributed by atoms with Crippen LogP contribution in [0.4, 0.5) is 5.69 Å². The number of rotatable bonds is 7. The van der Waals surface area contributed by atoms with Crippen molar-refractivity contribution in [3.63, 3.8) is 0 Å². The molecule has 3 aromatic rings. The number of ether oxygens (including phenoxy) is 2. The molecule has 8 nitrogen and oxygen atoms in total. The Morgan fingerprint density at radius 2 is 2.00 bits per heavy atom. The number of hydrogen-bond donors (Lipinski definition) is 2. The van der Waals surface area contributed by atoms with Gasteiger partial charge in [-0.1, -0.05) is 54.2 Å². The van der Waals surface area contributed by atoms with Crippen molar-refractivity contribution in [2.75, 3.05) is 18.2 Å². The van der Waals surface area contributed by atoms with Gasteiger partial charge in [-0.15, -0.1) is 0 Å². The predicted octanol–water partition coefficient (Wildman–Crippen LogP) is 3.60. The number of amides is 1. The number of thioether (sulfide) groups is 1. The molecular weight excluding hydrogens is 438 g/mol. The summed E-state index contributed by atoms with van der Waals surface area (Å²) < 4.78 is 11.3. The van der Waals surface area contributed by atoms with E-state index < -0.39 is 5.54 Å². The van der Waals surface area contributed by atoms with Crippen LogP contribution < -0.4 is 15.8 Å². The highest BCUT2D eigenvalue weighted by molar-refractivity contribution is 8.13. The second kappa shape index (κ2) is 10.0. The first kappa shape index (κ1) is 22.8. The molecule has 3 N–H and O–H groups in total. The Labute approximate surface area is 196 Å². The van der Waals surface area contributed by atoms with E-state index in [9.17, 15) is 4.79 Å². The average molecular weight is 464 g/mol. The van der Waals surface area contributed by atoms with E-state index in [2.05, 4.69) is 15.3 Å². The second-order valence-electron chi connectivity index (χ2n) is 7.67. The maximum absolute atomic E-state index is 12.6. The number of methoxy groups -OCH3 is 1. The van der Waals surface area contributed by atoms with Crippen LogP contribution in [0.5, 0.6) is 5.88 Å². The Morgan fingerprint density at radius 3 is 2.73 bits per heavy atom. The topological polar surface area (TPSA) is 112 Å². The molecule has 1 aliphatic rings. The maximum atomic E-state index is 12.6. The van der Waals surface area contributed by atoms with E-state index in [4.69, 9.17) is 20.2 Å². The molecule has 4 rings (SSSR count). The van der Waals surface area contributed by atoms with Gasteiger partial charge in [-0.2, -0.15) is 0 Å². The molecule has 0 bridgehead atoms. The minimum atomic E-state index is -0.704. The predicted molar refractivity (Wildman–Crippen MR) is 129 cm³/mol. The Morgan fingerprint density at radius 1 is 1.18 bits per heavy atom. The van der Waals surface area contributed by atoms with Crippen LogP contribution in [0.25, 0.3) is 0 Å². The van der Waals surface area contributed by atoms with Crippen LogP contribution in [0, 0.1) is 0 Å². The summed E-state index contributed by atoms with van der Waals surface area (Å²) in [5.74, 6) is 0.650. The SMILES string of the molecule is COc1cnc(C(=O)Nc2cccc([C@@]3(C)N=C(N)SC[C@@H]3OCc3ccccc3)c2)cn1. The lowest BCUT2D eigenvalue weighted by Gasteiger charge is -2.38. The number of carbonyl (C=O) groups is 1. The largest absolute Gasteiger partial charge is 0.480 e. The Balaban J connectivity index is 1.54. The van der Waals surface area contributed by atoms with Gasteiger partial charge < -0.3 is 20.5 Å². The number of nitrogens with zero attached hydrogens (tertiary/aromatic N) is 3. The first-order valence-electron chi connectivity index (χ1n) is 10.4. The maximum Gasteiger partial charge on any atom is 0.275 e. The molecule has 0 saturated carbocycles. The normalized spacial score (nSPS) is 20.1. The minimum Gasteiger partial charge on any atom is -0.480 e. The molecule has 2 atom stereocenters. The molecule has 1 aliphatic heterocycles. The number of anilines is 1. The molecule has 0 unspecified atom stereocenters. The Bertz CT molecular complexity index is 1140. The van der Waals surface area contributed by atoms with E-state index in [-0.39, 0.29) is 17.7 Å². The number of carbonyl (C=O) groups excluding carboxylic acids is 1. The van der Waals surface area contributed by atoms with Gasteiger partial charge in [-0.25, -0.2) is 15.0 Å². The summed E-state index contributed by atoms with van der Waals surface area (Å²) in [6.07, 6.45) is 2.57. The van der Waals surface area contributed by atoms with Crippen LogP contribution in [0.2, 0.25) is 0 Å². The summed E-state index contributed by atoms with van der Waals surface area (Å²) in [7, 11) is 1.49. The number of nitrogens with two attached hydrogens (primary N) is 1. The molecule has 0 saturated heterocycles. The van der Waals surface area contributed by atoms with Crippen LogP contribution in [0.1, 0.15) is 28.5 Å². The lowest BCUT2D eigenvalue weighted by atomic mass is 9.87. The summed E-state index contributed by atoms with van der Waals surface area (Å²) in [6, 6.07) is 17.6. The third kappa shape index (κ3) is 5.32. The van der Waals surface area contributed by atoms with Gasteiger partial charge in [0.1, 0.15) is 11.2 Å². The van der Waals surface area contributed by atoms with Gasteiger partial charge in [0.05, 0.1) is 32.2 Å². The number of aliphatic imine (C=N–C) groups is 1. The number of nitrogens with one attached hydrogen (secondary N) is 1. The van der Waals surface area contributed by atoms with Crippen LogP contribution in [0.3, 0.4) is 0 Å². The Hall–Kier alpha value is -3.43. The van der Waals surface area contributed by atoms with Crippen molar-refractivity contribution < 1.29 is 14.3 Å². The van der Waals surface area contributed by atoms with Crippen molar-refractivity contribution in [1.82, 2.24) is 9.97 Å². The van der Waals surface area contributed by atoms with E-state index in [0.29, 0.717) is 29.1 Å². The first-order chi connectivity index (χ1) is 16.0. The molecule has 0 fully saturated rings. The zero-order valence-electron chi connectivity index (χ0n) is 18.4. The van der Waals surface area contributed by atoms with Gasteiger partial charge in [-0.05, 0) is 30.2 Å². The number of aromatic nitrogens is 2. The van der Waals surface area contributed by atoms with Gasteiger partial charge in [0.15, 0.2) is 5.17 Å². The third-order valence-electron chi connectivity index (χ3n) is 5.42. The fourth-order valence-electron chi connectivity index (χ4n) is 3.53. The molecule has 170 valence electrons. The molecule has 0 radical (unpaired) electrons. The van der Waals surface area contributed by atoms with E-state index in [1.807, 2.05) is 61.5 Å². The fourth-order valence-corrected chi connectivity index (χ4v) is 4.53. The highest BCUT2D eigenvalue weighted by atomic mass is 32.2. The van der Waals surface area contributed by atoms with Crippen molar-refractivity contribution in [1.29, 1.82) is 0 Å². The van der Waals surface area contributed by atoms with Crippen LogP contribution in [-0.4, -0.2) is 40.0 Å². The van der Waals surface area contributed by atoms with Gasteiger partial charge >= 0.3 is 0 Å². The van der Waals surface area contributed by atoms with Crippen molar-refractivity contribution in [3.05, 3.63) is 83.8 Å². The molecule has 33 heavy (non-hydrogen) atoms. The van der Waals surface area contributed by atoms with Crippen LogP contribution in [0.15, 0.2) is 72.0 Å². The molecule has 1 amide bonds. The van der Waals surface area contributed by atoms with Crippen LogP contribution >= 0.6 is 11.8 Å². The molecule has 0 spiro atoms. The average Bonchev–Trinajstić information content (AvgIpc) is 2.84. The molecule has 1 aromatic heterocycles. The molecule has 2 aromatic carbocycles. The monoisotopic (exact) mass is 463 g/mol. The summed E-state index contributed by atoms with van der Waals surface area (Å²) in [5.41, 5.74) is 8.18. The van der Waals surface area contributed by atoms with E-state index in [1.54, 1.807) is 0 Å². The highest BCUT2D eigenvalue weighted by Gasteiger charge is 2.40. The zero-order valence-corrected chi connectivity index (χ0v) is 19.2. The van der Waals surface area contributed by atoms with Crippen molar-refractivity contribution in [2.45, 2.75) is 25.2 Å².